The molecule has 3 rings (SSSR count). The van der Waals surface area contributed by atoms with Gasteiger partial charge in [0.05, 0.1) is 24.1 Å². The van der Waals surface area contributed by atoms with E-state index in [0.717, 1.165) is 11.3 Å². The first kappa shape index (κ1) is 14.0. The SMILES string of the molecule is Cc1c(C(=O)Nc2cnn(C)c2)nnn1Cc1ccccc1. The Hall–Kier alpha value is -2.96. The van der Waals surface area contributed by atoms with Crippen molar-refractivity contribution in [1.82, 2.24) is 24.8 Å². The highest BCUT2D eigenvalue weighted by Gasteiger charge is 2.17. The molecule has 3 aromatic rings. The molecular formula is C15H16N6O. The summed E-state index contributed by atoms with van der Waals surface area (Å²) in [7, 11) is 1.79. The van der Waals surface area contributed by atoms with Gasteiger partial charge in [-0.05, 0) is 12.5 Å². The molecule has 1 N–H and O–H groups in total. The normalized spacial score (nSPS) is 10.6. The first-order valence-corrected chi connectivity index (χ1v) is 6.87. The standard InChI is InChI=1S/C15H16N6O/c1-11-14(15(22)17-13-8-16-20(2)10-13)18-19-21(11)9-12-6-4-3-5-7-12/h3-8,10H,9H2,1-2H3,(H,17,22). The van der Waals surface area contributed by atoms with Crippen LogP contribution in [0.25, 0.3) is 0 Å². The summed E-state index contributed by atoms with van der Waals surface area (Å²) in [6.45, 7) is 2.42. The van der Waals surface area contributed by atoms with Crippen LogP contribution in [0.5, 0.6) is 0 Å². The number of hydrogen-bond donors (Lipinski definition) is 1. The van der Waals surface area contributed by atoms with Gasteiger partial charge in [-0.1, -0.05) is 35.5 Å². The Morgan fingerprint density at radius 1 is 1.27 bits per heavy atom. The molecule has 1 aromatic carbocycles. The van der Waals surface area contributed by atoms with Gasteiger partial charge in [-0.15, -0.1) is 5.10 Å². The van der Waals surface area contributed by atoms with Crippen LogP contribution < -0.4 is 5.32 Å². The number of amides is 1. The largest absolute Gasteiger partial charge is 0.318 e. The van der Waals surface area contributed by atoms with Crippen LogP contribution in [0.1, 0.15) is 21.7 Å². The summed E-state index contributed by atoms with van der Waals surface area (Å²) in [5, 5.41) is 14.8. The molecule has 0 saturated carbocycles. The van der Waals surface area contributed by atoms with E-state index in [9.17, 15) is 4.79 Å². The number of carbonyl (C=O) groups is 1. The van der Waals surface area contributed by atoms with E-state index >= 15 is 0 Å². The van der Waals surface area contributed by atoms with E-state index in [1.807, 2.05) is 37.3 Å². The number of carbonyl (C=O) groups excluding carboxylic acids is 1. The van der Waals surface area contributed by atoms with Crippen LogP contribution in [0, 0.1) is 6.92 Å². The minimum Gasteiger partial charge on any atom is -0.318 e. The minimum atomic E-state index is -0.287. The molecule has 2 aromatic heterocycles. The molecule has 7 heteroatoms. The van der Waals surface area contributed by atoms with Crippen LogP contribution in [0.3, 0.4) is 0 Å². The van der Waals surface area contributed by atoms with Crippen molar-refractivity contribution in [2.24, 2.45) is 7.05 Å². The second kappa shape index (κ2) is 5.80. The third-order valence-corrected chi connectivity index (χ3v) is 3.34. The number of aryl methyl sites for hydroxylation is 1. The highest BCUT2D eigenvalue weighted by atomic mass is 16.2. The lowest BCUT2D eigenvalue weighted by atomic mass is 10.2. The molecule has 22 heavy (non-hydrogen) atoms. The summed E-state index contributed by atoms with van der Waals surface area (Å²) in [6.07, 6.45) is 3.31. The zero-order valence-corrected chi connectivity index (χ0v) is 12.4. The number of anilines is 1. The predicted molar refractivity (Wildman–Crippen MR) is 81.5 cm³/mol. The van der Waals surface area contributed by atoms with E-state index in [2.05, 4.69) is 20.7 Å². The van der Waals surface area contributed by atoms with Crippen LogP contribution in [-0.2, 0) is 13.6 Å². The number of nitrogens with one attached hydrogen (secondary N) is 1. The van der Waals surface area contributed by atoms with Crippen molar-refractivity contribution in [3.63, 3.8) is 0 Å². The molecule has 0 spiro atoms. The summed E-state index contributed by atoms with van der Waals surface area (Å²) in [4.78, 5) is 12.2. The molecule has 1 amide bonds. The van der Waals surface area contributed by atoms with Crippen molar-refractivity contribution in [3.8, 4) is 0 Å². The van der Waals surface area contributed by atoms with E-state index < -0.39 is 0 Å². The highest BCUT2D eigenvalue weighted by Crippen LogP contribution is 2.11. The molecule has 0 aliphatic heterocycles. The summed E-state index contributed by atoms with van der Waals surface area (Å²) in [5.74, 6) is -0.287. The van der Waals surface area contributed by atoms with Gasteiger partial charge in [0, 0.05) is 13.2 Å². The average Bonchev–Trinajstić information content (AvgIpc) is 3.07. The third kappa shape index (κ3) is 2.88. The van der Waals surface area contributed by atoms with Gasteiger partial charge in [-0.25, -0.2) is 4.68 Å². The summed E-state index contributed by atoms with van der Waals surface area (Å²) in [5.41, 5.74) is 2.78. The fourth-order valence-electron chi connectivity index (χ4n) is 2.15. The fourth-order valence-corrected chi connectivity index (χ4v) is 2.15. The van der Waals surface area contributed by atoms with E-state index in [-0.39, 0.29) is 5.91 Å². The van der Waals surface area contributed by atoms with E-state index in [4.69, 9.17) is 0 Å². The van der Waals surface area contributed by atoms with Crippen LogP contribution in [-0.4, -0.2) is 30.7 Å². The second-order valence-corrected chi connectivity index (χ2v) is 5.02. The zero-order chi connectivity index (χ0) is 15.5. The fraction of sp³-hybridized carbons (Fsp3) is 0.200. The van der Waals surface area contributed by atoms with Gasteiger partial charge < -0.3 is 5.32 Å². The average molecular weight is 296 g/mol. The lowest BCUT2D eigenvalue weighted by molar-refractivity contribution is 0.102. The Morgan fingerprint density at radius 2 is 2.05 bits per heavy atom. The van der Waals surface area contributed by atoms with Crippen molar-refractivity contribution in [3.05, 3.63) is 59.7 Å². The molecule has 0 bridgehead atoms. The minimum absolute atomic E-state index is 0.287. The molecule has 0 aliphatic rings. The number of aromatic nitrogens is 5. The summed E-state index contributed by atoms with van der Waals surface area (Å²) < 4.78 is 3.34. The number of hydrogen-bond acceptors (Lipinski definition) is 4. The topological polar surface area (TPSA) is 77.6 Å². The lowest BCUT2D eigenvalue weighted by Crippen LogP contribution is -2.14. The van der Waals surface area contributed by atoms with Crippen molar-refractivity contribution < 1.29 is 4.79 Å². The predicted octanol–water partition coefficient (Wildman–Crippen LogP) is 1.62. The highest BCUT2D eigenvalue weighted by molar-refractivity contribution is 6.03. The Bertz CT molecular complexity index is 789. The van der Waals surface area contributed by atoms with E-state index in [1.165, 1.54) is 0 Å². The third-order valence-electron chi connectivity index (χ3n) is 3.34. The summed E-state index contributed by atoms with van der Waals surface area (Å²) >= 11 is 0. The molecule has 0 aliphatic carbocycles. The molecular weight excluding hydrogens is 280 g/mol. The van der Waals surface area contributed by atoms with Gasteiger partial charge in [-0.3, -0.25) is 9.48 Å². The molecule has 0 fully saturated rings. The number of benzene rings is 1. The number of nitrogens with zero attached hydrogens (tertiary/aromatic N) is 5. The van der Waals surface area contributed by atoms with Gasteiger partial charge >= 0.3 is 0 Å². The van der Waals surface area contributed by atoms with E-state index in [0.29, 0.717) is 17.9 Å². The summed E-state index contributed by atoms with van der Waals surface area (Å²) in [6, 6.07) is 9.92. The van der Waals surface area contributed by atoms with Crippen molar-refractivity contribution in [2.45, 2.75) is 13.5 Å². The monoisotopic (exact) mass is 296 g/mol. The van der Waals surface area contributed by atoms with Crippen molar-refractivity contribution >= 4 is 11.6 Å². The van der Waals surface area contributed by atoms with Gasteiger partial charge in [-0.2, -0.15) is 5.10 Å². The first-order valence-electron chi connectivity index (χ1n) is 6.87. The molecule has 2 heterocycles. The van der Waals surface area contributed by atoms with Gasteiger partial charge in [0.15, 0.2) is 5.69 Å². The Labute approximate surface area is 127 Å². The molecule has 0 atom stereocenters. The first-order chi connectivity index (χ1) is 10.6. The van der Waals surface area contributed by atoms with Crippen LogP contribution in [0.2, 0.25) is 0 Å². The molecule has 7 nitrogen and oxygen atoms in total. The Kier molecular flexibility index (Phi) is 3.69. The maximum absolute atomic E-state index is 12.2. The van der Waals surface area contributed by atoms with Crippen molar-refractivity contribution in [2.75, 3.05) is 5.32 Å². The van der Waals surface area contributed by atoms with Crippen LogP contribution >= 0.6 is 0 Å². The maximum atomic E-state index is 12.2. The van der Waals surface area contributed by atoms with Crippen LogP contribution in [0.4, 0.5) is 5.69 Å². The van der Waals surface area contributed by atoms with Gasteiger partial charge in [0.2, 0.25) is 0 Å². The number of rotatable bonds is 4. The van der Waals surface area contributed by atoms with Crippen LogP contribution in [0.15, 0.2) is 42.7 Å². The van der Waals surface area contributed by atoms with E-state index in [1.54, 1.807) is 28.8 Å². The van der Waals surface area contributed by atoms with Gasteiger partial charge in [0.25, 0.3) is 5.91 Å². The molecule has 0 radical (unpaired) electrons. The Balaban J connectivity index is 1.76. The smallest absolute Gasteiger partial charge is 0.278 e. The van der Waals surface area contributed by atoms with Crippen molar-refractivity contribution in [1.29, 1.82) is 0 Å². The zero-order valence-electron chi connectivity index (χ0n) is 12.4. The lowest BCUT2D eigenvalue weighted by Gasteiger charge is -2.04. The molecule has 0 saturated heterocycles. The molecule has 0 unspecified atom stereocenters. The molecule has 112 valence electrons. The maximum Gasteiger partial charge on any atom is 0.278 e. The second-order valence-electron chi connectivity index (χ2n) is 5.02. The quantitative estimate of drug-likeness (QED) is 0.793. The Morgan fingerprint density at radius 3 is 2.73 bits per heavy atom. The van der Waals surface area contributed by atoms with Gasteiger partial charge in [0.1, 0.15) is 0 Å².